The van der Waals surface area contributed by atoms with Gasteiger partial charge >= 0.3 is 18.1 Å². The monoisotopic (exact) mass is 302 g/mol. The fourth-order valence-electron chi connectivity index (χ4n) is 2.75. The van der Waals surface area contributed by atoms with E-state index in [-0.39, 0.29) is 6.10 Å². The average molecular weight is 302 g/mol. The van der Waals surface area contributed by atoms with Crippen molar-refractivity contribution in [2.75, 3.05) is 6.79 Å². The van der Waals surface area contributed by atoms with Gasteiger partial charge in [0.05, 0.1) is 30.1 Å². The topological polar surface area (TPSA) is 108 Å². The molecule has 0 spiro atoms. The summed E-state index contributed by atoms with van der Waals surface area (Å²) < 4.78 is 19.5. The second-order valence-corrected chi connectivity index (χ2v) is 5.32. The fraction of sp³-hybridized carbons (Fsp3) is 0.769. The minimum atomic E-state index is -1.08. The maximum Gasteiger partial charge on any atom is 0.511 e. The lowest BCUT2D eigenvalue weighted by atomic mass is 9.79. The zero-order valence-corrected chi connectivity index (χ0v) is 11.8. The SMILES string of the molecule is CC(C)OC(=O)OCOC(=O)C1C2CCC(O2)C1C(=O)O. The van der Waals surface area contributed by atoms with E-state index < -0.39 is 48.9 Å². The maximum atomic E-state index is 12.0. The van der Waals surface area contributed by atoms with Gasteiger partial charge < -0.3 is 24.1 Å². The van der Waals surface area contributed by atoms with Gasteiger partial charge in [0.25, 0.3) is 0 Å². The Hall–Kier alpha value is -1.83. The molecule has 2 rings (SSSR count). The molecule has 2 saturated heterocycles. The molecule has 2 heterocycles. The number of fused-ring (bicyclic) bond motifs is 2. The van der Waals surface area contributed by atoms with E-state index in [0.717, 1.165) is 0 Å². The number of aliphatic carboxylic acids is 1. The molecule has 0 aromatic heterocycles. The number of rotatable bonds is 5. The standard InChI is InChI=1S/C13H18O8/c1-6(2)20-13(17)19-5-18-12(16)10-8-4-3-7(21-8)9(10)11(14)15/h6-10H,3-5H2,1-2H3,(H,14,15). The predicted molar refractivity (Wildman–Crippen MR) is 66.2 cm³/mol. The molecule has 1 N–H and O–H groups in total. The molecule has 118 valence electrons. The largest absolute Gasteiger partial charge is 0.511 e. The summed E-state index contributed by atoms with van der Waals surface area (Å²) in [6.45, 7) is 2.69. The van der Waals surface area contributed by atoms with Gasteiger partial charge in [0, 0.05) is 0 Å². The Bertz CT molecular complexity index is 432. The first-order valence-corrected chi connectivity index (χ1v) is 6.78. The molecule has 2 aliphatic heterocycles. The Morgan fingerprint density at radius 3 is 2.33 bits per heavy atom. The van der Waals surface area contributed by atoms with Crippen LogP contribution in [-0.4, -0.2) is 48.3 Å². The molecule has 4 atom stereocenters. The molecule has 0 aromatic rings. The summed E-state index contributed by atoms with van der Waals surface area (Å²) in [6, 6.07) is 0. The van der Waals surface area contributed by atoms with Gasteiger partial charge in [-0.1, -0.05) is 0 Å². The van der Waals surface area contributed by atoms with Crippen molar-refractivity contribution in [2.45, 2.75) is 45.0 Å². The van der Waals surface area contributed by atoms with Crippen molar-refractivity contribution in [1.29, 1.82) is 0 Å². The first kappa shape index (κ1) is 15.6. The highest BCUT2D eigenvalue weighted by atomic mass is 16.8. The van der Waals surface area contributed by atoms with E-state index in [0.29, 0.717) is 12.8 Å². The van der Waals surface area contributed by atoms with E-state index in [9.17, 15) is 19.5 Å². The summed E-state index contributed by atoms with van der Waals surface area (Å²) in [6.07, 6.45) is -0.920. The second-order valence-electron chi connectivity index (χ2n) is 5.32. The van der Waals surface area contributed by atoms with Crippen LogP contribution in [0.2, 0.25) is 0 Å². The van der Waals surface area contributed by atoms with Crippen LogP contribution < -0.4 is 0 Å². The third-order valence-electron chi connectivity index (χ3n) is 3.54. The molecule has 21 heavy (non-hydrogen) atoms. The van der Waals surface area contributed by atoms with E-state index in [1.54, 1.807) is 13.8 Å². The number of hydrogen-bond donors (Lipinski definition) is 1. The zero-order chi connectivity index (χ0) is 15.6. The lowest BCUT2D eigenvalue weighted by molar-refractivity contribution is -0.165. The van der Waals surface area contributed by atoms with Crippen LogP contribution in [0.4, 0.5) is 4.79 Å². The third kappa shape index (κ3) is 3.44. The molecule has 2 bridgehead atoms. The fourth-order valence-corrected chi connectivity index (χ4v) is 2.75. The molecule has 0 saturated carbocycles. The van der Waals surface area contributed by atoms with Gasteiger partial charge in [0.2, 0.25) is 6.79 Å². The lowest BCUT2D eigenvalue weighted by Crippen LogP contribution is -2.39. The van der Waals surface area contributed by atoms with Gasteiger partial charge in [-0.2, -0.15) is 0 Å². The van der Waals surface area contributed by atoms with E-state index >= 15 is 0 Å². The van der Waals surface area contributed by atoms with Gasteiger partial charge in [0.1, 0.15) is 0 Å². The van der Waals surface area contributed by atoms with Crippen molar-refractivity contribution >= 4 is 18.1 Å². The van der Waals surface area contributed by atoms with Crippen LogP contribution in [0.3, 0.4) is 0 Å². The number of ether oxygens (including phenoxy) is 4. The van der Waals surface area contributed by atoms with Gasteiger partial charge in [-0.05, 0) is 26.7 Å². The summed E-state index contributed by atoms with van der Waals surface area (Å²) in [4.78, 5) is 34.3. The minimum absolute atomic E-state index is 0.344. The third-order valence-corrected chi connectivity index (χ3v) is 3.54. The highest BCUT2D eigenvalue weighted by Gasteiger charge is 2.56. The van der Waals surface area contributed by atoms with Crippen LogP contribution in [0.25, 0.3) is 0 Å². The molecule has 0 aromatic carbocycles. The minimum Gasteiger partial charge on any atom is -0.481 e. The highest BCUT2D eigenvalue weighted by Crippen LogP contribution is 2.44. The number of carboxylic acid groups (broad SMARTS) is 1. The quantitative estimate of drug-likeness (QED) is 0.590. The molecule has 0 aliphatic carbocycles. The van der Waals surface area contributed by atoms with Crippen LogP contribution in [-0.2, 0) is 28.5 Å². The van der Waals surface area contributed by atoms with Crippen LogP contribution in [0.5, 0.6) is 0 Å². The summed E-state index contributed by atoms with van der Waals surface area (Å²) >= 11 is 0. The Morgan fingerprint density at radius 2 is 1.76 bits per heavy atom. The van der Waals surface area contributed by atoms with E-state index in [4.69, 9.17) is 14.2 Å². The smallest absolute Gasteiger partial charge is 0.481 e. The predicted octanol–water partition coefficient (Wildman–Crippen LogP) is 0.927. The number of carbonyl (C=O) groups is 3. The number of carbonyl (C=O) groups excluding carboxylic acids is 2. The molecule has 2 fully saturated rings. The number of carboxylic acids is 1. The van der Waals surface area contributed by atoms with Crippen molar-refractivity contribution in [2.24, 2.45) is 11.8 Å². The van der Waals surface area contributed by atoms with Gasteiger partial charge in [-0.3, -0.25) is 9.59 Å². The van der Waals surface area contributed by atoms with Crippen LogP contribution in [0.15, 0.2) is 0 Å². The van der Waals surface area contributed by atoms with Gasteiger partial charge in [0.15, 0.2) is 0 Å². The van der Waals surface area contributed by atoms with Crippen molar-refractivity contribution in [3.8, 4) is 0 Å². The molecule has 2 aliphatic rings. The van der Waals surface area contributed by atoms with Crippen molar-refractivity contribution in [3.63, 3.8) is 0 Å². The van der Waals surface area contributed by atoms with Crippen LogP contribution in [0.1, 0.15) is 26.7 Å². The summed E-state index contributed by atoms with van der Waals surface area (Å²) in [5.41, 5.74) is 0. The molecule has 0 radical (unpaired) electrons. The van der Waals surface area contributed by atoms with Gasteiger partial charge in [-0.25, -0.2) is 4.79 Å². The van der Waals surface area contributed by atoms with E-state index in [1.165, 1.54) is 0 Å². The Kier molecular flexibility index (Phi) is 4.66. The van der Waals surface area contributed by atoms with Crippen molar-refractivity contribution < 1.29 is 38.4 Å². The first-order chi connectivity index (χ1) is 9.90. The Labute approximate surface area is 121 Å². The van der Waals surface area contributed by atoms with Crippen molar-refractivity contribution in [3.05, 3.63) is 0 Å². The van der Waals surface area contributed by atoms with Gasteiger partial charge in [-0.15, -0.1) is 0 Å². The normalized spacial score (nSPS) is 30.2. The second kappa shape index (κ2) is 6.30. The maximum absolute atomic E-state index is 12.0. The number of hydrogen-bond acceptors (Lipinski definition) is 7. The van der Waals surface area contributed by atoms with Crippen LogP contribution >= 0.6 is 0 Å². The molecule has 0 amide bonds. The molecule has 8 heteroatoms. The van der Waals surface area contributed by atoms with Crippen molar-refractivity contribution in [1.82, 2.24) is 0 Å². The first-order valence-electron chi connectivity index (χ1n) is 6.78. The summed E-state index contributed by atoms with van der Waals surface area (Å²) in [5.74, 6) is -3.57. The van der Waals surface area contributed by atoms with Crippen LogP contribution in [0, 0.1) is 11.8 Å². The molecular formula is C13H18O8. The Balaban J connectivity index is 1.83. The van der Waals surface area contributed by atoms with E-state index in [2.05, 4.69) is 4.74 Å². The van der Waals surface area contributed by atoms with E-state index in [1.807, 2.05) is 0 Å². The molecule has 4 unspecified atom stereocenters. The average Bonchev–Trinajstić information content (AvgIpc) is 2.97. The molecule has 8 nitrogen and oxygen atoms in total. The number of esters is 1. The molecular weight excluding hydrogens is 284 g/mol. The zero-order valence-electron chi connectivity index (χ0n) is 11.8. The summed E-state index contributed by atoms with van der Waals surface area (Å²) in [5, 5.41) is 9.17. The lowest BCUT2D eigenvalue weighted by Gasteiger charge is -2.22. The highest BCUT2D eigenvalue weighted by molar-refractivity contribution is 5.83. The summed E-state index contributed by atoms with van der Waals surface area (Å²) in [7, 11) is 0. The Morgan fingerprint density at radius 1 is 1.14 bits per heavy atom.